The number of hydrogen-bond acceptors (Lipinski definition) is 2. The smallest absolute Gasteiger partial charge is 0.256 e. The molecule has 5 heteroatoms. The van der Waals surface area contributed by atoms with Crippen LogP contribution in [-0.4, -0.2) is 10.9 Å². The van der Waals surface area contributed by atoms with Gasteiger partial charge in [-0.15, -0.1) is 0 Å². The average molecular weight is 370 g/mol. The molecule has 2 aromatic rings. The van der Waals surface area contributed by atoms with Crippen LogP contribution in [0.25, 0.3) is 0 Å². The number of anilines is 1. The Morgan fingerprint density at radius 2 is 2.00 bits per heavy atom. The van der Waals surface area contributed by atoms with Crippen molar-refractivity contribution >= 4 is 43.6 Å². The molecular weight excluding hydrogens is 360 g/mol. The average Bonchev–Trinajstić information content (AvgIpc) is 2.32. The zero-order chi connectivity index (χ0) is 13.1. The second kappa shape index (κ2) is 5.63. The molecule has 0 bridgehead atoms. The Hall–Kier alpha value is -1.20. The fourth-order valence-corrected chi connectivity index (χ4v) is 2.03. The van der Waals surface area contributed by atoms with Gasteiger partial charge in [-0.2, -0.15) is 0 Å². The fraction of sp³-hybridized carbons (Fsp3) is 0.0769. The molecule has 0 radical (unpaired) electrons. The Morgan fingerprint density at radius 3 is 2.67 bits per heavy atom. The van der Waals surface area contributed by atoms with Gasteiger partial charge in [0.2, 0.25) is 0 Å². The number of carbonyl (C=O) groups excluding carboxylic acids is 1. The van der Waals surface area contributed by atoms with Crippen LogP contribution in [0.1, 0.15) is 15.9 Å². The molecule has 0 spiro atoms. The Balaban J connectivity index is 2.19. The summed E-state index contributed by atoms with van der Waals surface area (Å²) in [7, 11) is 0. The van der Waals surface area contributed by atoms with Gasteiger partial charge in [0.25, 0.3) is 5.91 Å². The number of carbonyl (C=O) groups is 1. The van der Waals surface area contributed by atoms with Crippen molar-refractivity contribution in [2.45, 2.75) is 6.92 Å². The summed E-state index contributed by atoms with van der Waals surface area (Å²) in [4.78, 5) is 16.1. The maximum atomic E-state index is 12.0. The van der Waals surface area contributed by atoms with E-state index in [0.29, 0.717) is 11.4 Å². The van der Waals surface area contributed by atoms with Crippen molar-refractivity contribution in [2.75, 3.05) is 5.32 Å². The van der Waals surface area contributed by atoms with Crippen molar-refractivity contribution in [1.29, 1.82) is 0 Å². The quantitative estimate of drug-likeness (QED) is 0.863. The van der Waals surface area contributed by atoms with Crippen LogP contribution in [-0.2, 0) is 0 Å². The first kappa shape index (κ1) is 13.2. The molecule has 0 aliphatic carbocycles. The van der Waals surface area contributed by atoms with Crippen molar-refractivity contribution in [1.82, 2.24) is 4.98 Å². The molecule has 18 heavy (non-hydrogen) atoms. The molecule has 3 nitrogen and oxygen atoms in total. The van der Waals surface area contributed by atoms with Crippen LogP contribution in [0, 0.1) is 6.92 Å². The third-order valence-corrected chi connectivity index (χ3v) is 3.77. The standard InChI is InChI=1S/C13H10Br2N2O/c1-8-6-9(2-3-11(8)15)13(18)17-12-7-10(14)4-5-16-12/h2-7H,1H3,(H,16,17,18). The van der Waals surface area contributed by atoms with E-state index in [-0.39, 0.29) is 5.91 Å². The number of amides is 1. The molecule has 1 amide bonds. The van der Waals surface area contributed by atoms with E-state index in [1.807, 2.05) is 19.1 Å². The Morgan fingerprint density at radius 1 is 1.22 bits per heavy atom. The molecule has 1 N–H and O–H groups in total. The molecule has 0 fully saturated rings. The Kier molecular flexibility index (Phi) is 4.14. The van der Waals surface area contributed by atoms with Crippen LogP contribution in [0.5, 0.6) is 0 Å². The first-order valence-electron chi connectivity index (χ1n) is 5.25. The highest BCUT2D eigenvalue weighted by Crippen LogP contribution is 2.18. The van der Waals surface area contributed by atoms with Gasteiger partial charge in [0.05, 0.1) is 0 Å². The van der Waals surface area contributed by atoms with Gasteiger partial charge in [-0.1, -0.05) is 31.9 Å². The zero-order valence-electron chi connectivity index (χ0n) is 9.58. The highest BCUT2D eigenvalue weighted by atomic mass is 79.9. The number of nitrogens with one attached hydrogen (secondary N) is 1. The van der Waals surface area contributed by atoms with Crippen molar-refractivity contribution < 1.29 is 4.79 Å². The number of pyridine rings is 1. The van der Waals surface area contributed by atoms with E-state index in [1.54, 1.807) is 24.4 Å². The summed E-state index contributed by atoms with van der Waals surface area (Å²) < 4.78 is 1.86. The monoisotopic (exact) mass is 368 g/mol. The largest absolute Gasteiger partial charge is 0.307 e. The molecule has 2 rings (SSSR count). The van der Waals surface area contributed by atoms with Gasteiger partial charge < -0.3 is 5.32 Å². The highest BCUT2D eigenvalue weighted by molar-refractivity contribution is 9.10. The number of aryl methyl sites for hydroxylation is 1. The van der Waals surface area contributed by atoms with Crippen molar-refractivity contribution in [3.63, 3.8) is 0 Å². The minimum atomic E-state index is -0.170. The molecule has 1 aromatic carbocycles. The minimum absolute atomic E-state index is 0.170. The molecule has 0 atom stereocenters. The van der Waals surface area contributed by atoms with Crippen LogP contribution in [0.2, 0.25) is 0 Å². The molecule has 92 valence electrons. The van der Waals surface area contributed by atoms with Crippen LogP contribution >= 0.6 is 31.9 Å². The first-order chi connectivity index (χ1) is 8.56. The van der Waals surface area contributed by atoms with Crippen LogP contribution in [0.3, 0.4) is 0 Å². The Bertz CT molecular complexity index is 599. The molecular formula is C13H10Br2N2O. The summed E-state index contributed by atoms with van der Waals surface area (Å²) in [5.74, 6) is 0.353. The molecule has 0 aliphatic heterocycles. The normalized spacial score (nSPS) is 10.2. The zero-order valence-corrected chi connectivity index (χ0v) is 12.7. The number of hydrogen-bond donors (Lipinski definition) is 1. The van der Waals surface area contributed by atoms with Crippen LogP contribution in [0.15, 0.2) is 45.5 Å². The summed E-state index contributed by atoms with van der Waals surface area (Å²) >= 11 is 6.74. The lowest BCUT2D eigenvalue weighted by molar-refractivity contribution is 0.102. The SMILES string of the molecule is Cc1cc(C(=O)Nc2cc(Br)ccn2)ccc1Br. The molecule has 0 unspecified atom stereocenters. The number of benzene rings is 1. The van der Waals surface area contributed by atoms with Gasteiger partial charge in [-0.3, -0.25) is 4.79 Å². The van der Waals surface area contributed by atoms with Crippen molar-refractivity contribution in [3.05, 3.63) is 56.6 Å². The third-order valence-electron chi connectivity index (χ3n) is 2.38. The van der Waals surface area contributed by atoms with Gasteiger partial charge in [0, 0.05) is 20.7 Å². The molecule has 1 aromatic heterocycles. The van der Waals surface area contributed by atoms with Gasteiger partial charge in [0.1, 0.15) is 5.82 Å². The van der Waals surface area contributed by atoms with E-state index in [4.69, 9.17) is 0 Å². The summed E-state index contributed by atoms with van der Waals surface area (Å²) in [5, 5.41) is 2.75. The van der Waals surface area contributed by atoms with Gasteiger partial charge >= 0.3 is 0 Å². The lowest BCUT2D eigenvalue weighted by Gasteiger charge is -2.06. The van der Waals surface area contributed by atoms with E-state index in [1.165, 1.54) is 0 Å². The molecule has 0 saturated heterocycles. The van der Waals surface area contributed by atoms with E-state index in [9.17, 15) is 4.79 Å². The van der Waals surface area contributed by atoms with Crippen LogP contribution < -0.4 is 5.32 Å². The van der Waals surface area contributed by atoms with E-state index in [0.717, 1.165) is 14.5 Å². The van der Waals surface area contributed by atoms with Crippen molar-refractivity contribution in [3.8, 4) is 0 Å². The van der Waals surface area contributed by atoms with Crippen LogP contribution in [0.4, 0.5) is 5.82 Å². The summed E-state index contributed by atoms with van der Waals surface area (Å²) in [6.07, 6.45) is 1.63. The summed E-state index contributed by atoms with van der Waals surface area (Å²) in [5.41, 5.74) is 1.63. The molecule has 0 aliphatic rings. The van der Waals surface area contributed by atoms with Gasteiger partial charge in [-0.05, 0) is 42.8 Å². The number of halogens is 2. The first-order valence-corrected chi connectivity index (χ1v) is 6.84. The van der Waals surface area contributed by atoms with Crippen molar-refractivity contribution in [2.24, 2.45) is 0 Å². The minimum Gasteiger partial charge on any atom is -0.307 e. The molecule has 0 saturated carbocycles. The third kappa shape index (κ3) is 3.17. The number of aromatic nitrogens is 1. The highest BCUT2D eigenvalue weighted by Gasteiger charge is 2.08. The lowest BCUT2D eigenvalue weighted by Crippen LogP contribution is -2.13. The summed E-state index contributed by atoms with van der Waals surface area (Å²) in [6, 6.07) is 9.02. The number of nitrogens with zero attached hydrogens (tertiary/aromatic N) is 1. The fourth-order valence-electron chi connectivity index (χ4n) is 1.45. The maximum Gasteiger partial charge on any atom is 0.256 e. The Labute approximate surface area is 122 Å². The van der Waals surface area contributed by atoms with E-state index in [2.05, 4.69) is 42.2 Å². The second-order valence-corrected chi connectivity index (χ2v) is 5.55. The van der Waals surface area contributed by atoms with E-state index >= 15 is 0 Å². The second-order valence-electron chi connectivity index (χ2n) is 3.78. The van der Waals surface area contributed by atoms with Gasteiger partial charge in [-0.25, -0.2) is 4.98 Å². The lowest BCUT2D eigenvalue weighted by atomic mass is 10.1. The number of rotatable bonds is 2. The predicted molar refractivity (Wildman–Crippen MR) is 78.8 cm³/mol. The maximum absolute atomic E-state index is 12.0. The topological polar surface area (TPSA) is 42.0 Å². The predicted octanol–water partition coefficient (Wildman–Crippen LogP) is 4.17. The van der Waals surface area contributed by atoms with E-state index < -0.39 is 0 Å². The molecule has 1 heterocycles. The van der Waals surface area contributed by atoms with Gasteiger partial charge in [0.15, 0.2) is 0 Å². The summed E-state index contributed by atoms with van der Waals surface area (Å²) in [6.45, 7) is 1.94.